The lowest BCUT2D eigenvalue weighted by Crippen LogP contribution is -1.89. The highest BCUT2D eigenvalue weighted by molar-refractivity contribution is 7.66. The van der Waals surface area contributed by atoms with Gasteiger partial charge >= 0.3 is 0 Å². The van der Waals surface area contributed by atoms with Crippen LogP contribution in [0.5, 0.6) is 0 Å². The summed E-state index contributed by atoms with van der Waals surface area (Å²) in [5.41, 5.74) is 4.18. The van der Waals surface area contributed by atoms with Crippen LogP contribution < -0.4 is 0 Å². The van der Waals surface area contributed by atoms with Crippen LogP contribution in [0.4, 0.5) is 0 Å². The van der Waals surface area contributed by atoms with E-state index in [1.54, 1.807) is 0 Å². The first-order valence-corrected chi connectivity index (χ1v) is 7.74. The van der Waals surface area contributed by atoms with Gasteiger partial charge in [-0.3, -0.25) is 4.55 Å². The average Bonchev–Trinajstić information content (AvgIpc) is 2.46. The minimum Gasteiger partial charge on any atom is -0.288 e. The smallest absolute Gasteiger partial charge is 0.254 e. The van der Waals surface area contributed by atoms with Gasteiger partial charge in [0.25, 0.3) is 11.0 Å². The van der Waals surface area contributed by atoms with Crippen LogP contribution in [0.15, 0.2) is 54.6 Å². The molecule has 0 aliphatic rings. The van der Waals surface area contributed by atoms with Crippen LogP contribution in [0.25, 0.3) is 11.1 Å². The Bertz CT molecular complexity index is 569. The van der Waals surface area contributed by atoms with E-state index in [4.69, 9.17) is 13.0 Å². The molecule has 0 aromatic heterocycles. The topological polar surface area (TPSA) is 54.4 Å². The van der Waals surface area contributed by atoms with Crippen LogP contribution in [-0.4, -0.2) is 13.0 Å². The Labute approximate surface area is 122 Å². The fourth-order valence-electron chi connectivity index (χ4n) is 2.00. The largest absolute Gasteiger partial charge is 0.288 e. The van der Waals surface area contributed by atoms with Gasteiger partial charge in [-0.05, 0) is 29.5 Å². The Morgan fingerprint density at radius 3 is 2.10 bits per heavy atom. The van der Waals surface area contributed by atoms with Gasteiger partial charge in [-0.25, -0.2) is 8.42 Å². The third kappa shape index (κ3) is 5.99. The van der Waals surface area contributed by atoms with Crippen molar-refractivity contribution in [3.8, 4) is 11.1 Å². The molecule has 0 unspecified atom stereocenters. The number of hydrogen-bond acceptors (Lipinski definition) is 2. The van der Waals surface area contributed by atoms with Crippen molar-refractivity contribution in [2.24, 2.45) is 0 Å². The van der Waals surface area contributed by atoms with Crippen LogP contribution in [0.3, 0.4) is 0 Å². The summed E-state index contributed by atoms with van der Waals surface area (Å²) in [4.78, 5) is 0. The zero-order valence-electron chi connectivity index (χ0n) is 11.5. The molecule has 3 nitrogen and oxygen atoms in total. The molecule has 0 aliphatic heterocycles. The lowest BCUT2D eigenvalue weighted by molar-refractivity contribution is 0.509. The Hall–Kier alpha value is -1.65. The summed E-state index contributed by atoms with van der Waals surface area (Å²) in [6.45, 7) is 2.24. The minimum absolute atomic E-state index is 1.18. The SMILES string of the molecule is CCCCc1ccccc1-c1ccccc1.O=[SH](=O)O. The van der Waals surface area contributed by atoms with Gasteiger partial charge in [-0.15, -0.1) is 0 Å². The van der Waals surface area contributed by atoms with Crippen molar-refractivity contribution in [1.82, 2.24) is 0 Å². The highest BCUT2D eigenvalue weighted by Gasteiger charge is 2.02. The molecule has 0 radical (unpaired) electrons. The molecule has 0 bridgehead atoms. The second kappa shape index (κ2) is 9.28. The highest BCUT2D eigenvalue weighted by Crippen LogP contribution is 2.24. The van der Waals surface area contributed by atoms with Gasteiger partial charge in [0.2, 0.25) is 0 Å². The van der Waals surface area contributed by atoms with Crippen LogP contribution in [-0.2, 0) is 17.4 Å². The molecule has 2 rings (SSSR count). The van der Waals surface area contributed by atoms with Gasteiger partial charge in [0.15, 0.2) is 0 Å². The number of hydrogen-bond donors (Lipinski definition) is 2. The van der Waals surface area contributed by atoms with Gasteiger partial charge in [-0.1, -0.05) is 67.9 Å². The third-order valence-corrected chi connectivity index (χ3v) is 2.90. The molecule has 20 heavy (non-hydrogen) atoms. The van der Waals surface area contributed by atoms with E-state index in [0.717, 1.165) is 0 Å². The van der Waals surface area contributed by atoms with Crippen LogP contribution >= 0.6 is 0 Å². The lowest BCUT2D eigenvalue weighted by Gasteiger charge is -2.08. The summed E-state index contributed by atoms with van der Waals surface area (Å²) in [5, 5.41) is 0. The molecule has 4 heteroatoms. The molecule has 0 fully saturated rings. The van der Waals surface area contributed by atoms with Crippen molar-refractivity contribution in [2.75, 3.05) is 0 Å². The second-order valence-electron chi connectivity index (χ2n) is 4.36. The first-order chi connectivity index (χ1) is 9.65. The summed E-state index contributed by atoms with van der Waals surface area (Å²) in [6, 6.07) is 19.4. The fraction of sp³-hybridized carbons (Fsp3) is 0.250. The first kappa shape index (κ1) is 16.4. The summed E-state index contributed by atoms with van der Waals surface area (Å²) >= 11 is 0. The summed E-state index contributed by atoms with van der Waals surface area (Å²) in [7, 11) is -3.12. The number of rotatable bonds is 4. The Kier molecular flexibility index (Phi) is 7.62. The standard InChI is InChI=1S/C16H18.H2O3S/c1-2-3-9-14-12-7-8-13-16(14)15-10-5-4-6-11-15;1-4(2)3/h4-8,10-13H,2-3,9H2,1H3;4H,(H,1,2,3). The molecule has 2 aromatic carbocycles. The number of unbranched alkanes of at least 4 members (excludes halogenated alkanes) is 1. The lowest BCUT2D eigenvalue weighted by atomic mass is 9.96. The van der Waals surface area contributed by atoms with Crippen molar-refractivity contribution in [1.29, 1.82) is 0 Å². The van der Waals surface area contributed by atoms with Gasteiger partial charge in [0, 0.05) is 0 Å². The molecule has 0 heterocycles. The van der Waals surface area contributed by atoms with Crippen molar-refractivity contribution in [3.05, 3.63) is 60.2 Å². The number of benzene rings is 2. The minimum atomic E-state index is -3.12. The van der Waals surface area contributed by atoms with Crippen molar-refractivity contribution >= 4 is 11.0 Å². The molecule has 0 saturated heterocycles. The third-order valence-electron chi connectivity index (χ3n) is 2.90. The van der Waals surface area contributed by atoms with E-state index in [-0.39, 0.29) is 0 Å². The van der Waals surface area contributed by atoms with E-state index in [1.807, 2.05) is 0 Å². The summed E-state index contributed by atoms with van der Waals surface area (Å²) in [5.74, 6) is 0. The quantitative estimate of drug-likeness (QED) is 0.666. The number of thiol groups is 1. The Morgan fingerprint density at radius 1 is 0.950 bits per heavy atom. The van der Waals surface area contributed by atoms with E-state index in [2.05, 4.69) is 61.5 Å². The molecular formula is C16H20O3S. The predicted octanol–water partition coefficient (Wildman–Crippen LogP) is 3.77. The Balaban J connectivity index is 0.000000444. The normalized spacial score (nSPS) is 9.95. The average molecular weight is 292 g/mol. The van der Waals surface area contributed by atoms with Gasteiger partial charge in [-0.2, -0.15) is 0 Å². The van der Waals surface area contributed by atoms with E-state index in [1.165, 1.54) is 36.0 Å². The zero-order chi connectivity index (χ0) is 14.8. The predicted molar refractivity (Wildman–Crippen MR) is 83.4 cm³/mol. The first-order valence-electron chi connectivity index (χ1n) is 6.61. The van der Waals surface area contributed by atoms with Crippen LogP contribution in [0, 0.1) is 0 Å². The molecule has 108 valence electrons. The van der Waals surface area contributed by atoms with Gasteiger partial charge in [0.05, 0.1) is 0 Å². The molecule has 0 spiro atoms. The highest BCUT2D eigenvalue weighted by atomic mass is 32.2. The Morgan fingerprint density at radius 2 is 1.50 bits per heavy atom. The maximum Gasteiger partial charge on any atom is 0.254 e. The fourth-order valence-corrected chi connectivity index (χ4v) is 2.00. The van der Waals surface area contributed by atoms with Crippen molar-refractivity contribution in [2.45, 2.75) is 26.2 Å². The summed E-state index contributed by atoms with van der Waals surface area (Å²) in [6.07, 6.45) is 3.70. The van der Waals surface area contributed by atoms with Crippen LogP contribution in [0.1, 0.15) is 25.3 Å². The van der Waals surface area contributed by atoms with Crippen molar-refractivity contribution in [3.63, 3.8) is 0 Å². The molecule has 0 amide bonds. The number of aryl methyl sites for hydroxylation is 1. The van der Waals surface area contributed by atoms with Gasteiger partial charge < -0.3 is 0 Å². The molecule has 2 aromatic rings. The zero-order valence-corrected chi connectivity index (χ0v) is 12.4. The maximum absolute atomic E-state index is 8.59. The molecule has 0 saturated carbocycles. The molecular weight excluding hydrogens is 272 g/mol. The van der Waals surface area contributed by atoms with Crippen molar-refractivity contribution < 1.29 is 13.0 Å². The van der Waals surface area contributed by atoms with Gasteiger partial charge in [0.1, 0.15) is 0 Å². The summed E-state index contributed by atoms with van der Waals surface area (Å²) < 4.78 is 24.2. The van der Waals surface area contributed by atoms with E-state index >= 15 is 0 Å². The van der Waals surface area contributed by atoms with E-state index < -0.39 is 11.0 Å². The molecule has 1 N–H and O–H groups in total. The van der Waals surface area contributed by atoms with E-state index in [0.29, 0.717) is 0 Å². The van der Waals surface area contributed by atoms with Crippen LogP contribution in [0.2, 0.25) is 0 Å². The molecule has 0 aliphatic carbocycles. The maximum atomic E-state index is 8.59. The monoisotopic (exact) mass is 292 g/mol. The second-order valence-corrected chi connectivity index (χ2v) is 4.84. The van der Waals surface area contributed by atoms with E-state index in [9.17, 15) is 0 Å². The molecule has 0 atom stereocenters.